The molecule has 3 heteroatoms. The van der Waals surface area contributed by atoms with Gasteiger partial charge < -0.3 is 4.74 Å². The van der Waals surface area contributed by atoms with Gasteiger partial charge in [0.25, 0.3) is 0 Å². The number of rotatable bonds is 7. The lowest BCUT2D eigenvalue weighted by atomic mass is 10.1. The third-order valence-electron chi connectivity index (χ3n) is 3.55. The van der Waals surface area contributed by atoms with E-state index in [9.17, 15) is 4.79 Å². The smallest absolute Gasteiger partial charge is 0.327 e. The van der Waals surface area contributed by atoms with Gasteiger partial charge in [0.05, 0.1) is 6.61 Å². The summed E-state index contributed by atoms with van der Waals surface area (Å²) in [6, 6.07) is 19.6. The van der Waals surface area contributed by atoms with Crippen LogP contribution in [0.4, 0.5) is 0 Å². The maximum absolute atomic E-state index is 12.3. The van der Waals surface area contributed by atoms with Crippen LogP contribution in [0.5, 0.6) is 0 Å². The Labute approximate surface area is 138 Å². The van der Waals surface area contributed by atoms with Gasteiger partial charge in [0.1, 0.15) is 6.04 Å². The molecule has 0 aromatic heterocycles. The van der Waals surface area contributed by atoms with Gasteiger partial charge in [-0.15, -0.1) is 0 Å². The SMILES string of the molecule is CCOC(=O)[C@@H](/C=C/c1ccccc1)N(C)Cc1ccccc1. The zero-order valence-corrected chi connectivity index (χ0v) is 13.7. The van der Waals surface area contributed by atoms with E-state index in [4.69, 9.17) is 4.74 Å². The van der Waals surface area contributed by atoms with Crippen LogP contribution in [0.3, 0.4) is 0 Å². The van der Waals surface area contributed by atoms with Crippen molar-refractivity contribution >= 4 is 12.0 Å². The van der Waals surface area contributed by atoms with Gasteiger partial charge in [-0.2, -0.15) is 0 Å². The van der Waals surface area contributed by atoms with Gasteiger partial charge in [0.2, 0.25) is 0 Å². The van der Waals surface area contributed by atoms with Crippen LogP contribution in [0.25, 0.3) is 6.08 Å². The molecular weight excluding hydrogens is 286 g/mol. The number of likely N-dealkylation sites (N-methyl/N-ethyl adjacent to an activating group) is 1. The Balaban J connectivity index is 2.13. The Bertz CT molecular complexity index is 623. The Morgan fingerprint density at radius 2 is 1.70 bits per heavy atom. The van der Waals surface area contributed by atoms with Crippen molar-refractivity contribution in [1.82, 2.24) is 4.90 Å². The summed E-state index contributed by atoms with van der Waals surface area (Å²) in [5.41, 5.74) is 2.23. The summed E-state index contributed by atoms with van der Waals surface area (Å²) in [6.45, 7) is 2.89. The molecule has 0 aliphatic rings. The standard InChI is InChI=1S/C20H23NO2/c1-3-23-20(22)19(15-14-17-10-6-4-7-11-17)21(2)16-18-12-8-5-9-13-18/h4-15,19H,3,16H2,1-2H3/b15-14+/t19-/m1/s1. The van der Waals surface area contributed by atoms with Crippen molar-refractivity contribution in [3.8, 4) is 0 Å². The number of carbonyl (C=O) groups is 1. The second kappa shape index (κ2) is 8.91. The Morgan fingerprint density at radius 3 is 2.30 bits per heavy atom. The molecule has 0 saturated heterocycles. The Morgan fingerprint density at radius 1 is 1.09 bits per heavy atom. The summed E-state index contributed by atoms with van der Waals surface area (Å²) in [4.78, 5) is 14.3. The van der Waals surface area contributed by atoms with Crippen molar-refractivity contribution in [2.45, 2.75) is 19.5 Å². The summed E-state index contributed by atoms with van der Waals surface area (Å²) in [6.07, 6.45) is 3.86. The zero-order valence-electron chi connectivity index (χ0n) is 13.7. The summed E-state index contributed by atoms with van der Waals surface area (Å²) >= 11 is 0. The molecule has 0 unspecified atom stereocenters. The third-order valence-corrected chi connectivity index (χ3v) is 3.55. The molecular formula is C20H23NO2. The van der Waals surface area contributed by atoms with Crippen LogP contribution < -0.4 is 0 Å². The first-order valence-electron chi connectivity index (χ1n) is 7.84. The summed E-state index contributed by atoms with van der Waals surface area (Å²) in [7, 11) is 1.93. The van der Waals surface area contributed by atoms with Crippen LogP contribution in [-0.2, 0) is 16.1 Å². The quantitative estimate of drug-likeness (QED) is 0.729. The lowest BCUT2D eigenvalue weighted by Crippen LogP contribution is -2.37. The van der Waals surface area contributed by atoms with E-state index in [-0.39, 0.29) is 5.97 Å². The fraction of sp³-hybridized carbons (Fsp3) is 0.250. The number of esters is 1. The topological polar surface area (TPSA) is 29.5 Å². The van der Waals surface area contributed by atoms with E-state index < -0.39 is 6.04 Å². The number of carbonyl (C=O) groups excluding carboxylic acids is 1. The van der Waals surface area contributed by atoms with Crippen molar-refractivity contribution in [2.24, 2.45) is 0 Å². The maximum atomic E-state index is 12.3. The molecule has 0 saturated carbocycles. The van der Waals surface area contributed by atoms with E-state index in [2.05, 4.69) is 12.1 Å². The van der Waals surface area contributed by atoms with E-state index in [1.54, 1.807) is 0 Å². The van der Waals surface area contributed by atoms with Crippen molar-refractivity contribution in [2.75, 3.05) is 13.7 Å². The summed E-state index contributed by atoms with van der Waals surface area (Å²) < 4.78 is 5.22. The minimum absolute atomic E-state index is 0.224. The Hall–Kier alpha value is -2.39. The zero-order chi connectivity index (χ0) is 16.5. The predicted molar refractivity (Wildman–Crippen MR) is 93.8 cm³/mol. The highest BCUT2D eigenvalue weighted by atomic mass is 16.5. The molecule has 2 rings (SSSR count). The minimum atomic E-state index is -0.407. The molecule has 120 valence electrons. The van der Waals surface area contributed by atoms with Crippen molar-refractivity contribution in [3.05, 3.63) is 77.9 Å². The van der Waals surface area contributed by atoms with Gasteiger partial charge in [0.15, 0.2) is 0 Å². The first-order valence-corrected chi connectivity index (χ1v) is 7.84. The van der Waals surface area contributed by atoms with Crippen LogP contribution in [0.15, 0.2) is 66.7 Å². The maximum Gasteiger partial charge on any atom is 0.327 e. The van der Waals surface area contributed by atoms with E-state index in [1.807, 2.05) is 79.6 Å². The first-order chi connectivity index (χ1) is 11.2. The van der Waals surface area contributed by atoms with E-state index in [0.717, 1.165) is 11.1 Å². The van der Waals surface area contributed by atoms with Crippen LogP contribution in [0.1, 0.15) is 18.1 Å². The molecule has 2 aromatic carbocycles. The molecule has 0 aliphatic carbocycles. The molecule has 0 amide bonds. The van der Waals surface area contributed by atoms with E-state index in [1.165, 1.54) is 0 Å². The van der Waals surface area contributed by atoms with Crippen molar-refractivity contribution < 1.29 is 9.53 Å². The van der Waals surface area contributed by atoms with Gasteiger partial charge in [-0.05, 0) is 25.1 Å². The number of hydrogen-bond donors (Lipinski definition) is 0. The largest absolute Gasteiger partial charge is 0.465 e. The number of benzene rings is 2. The highest BCUT2D eigenvalue weighted by Gasteiger charge is 2.21. The van der Waals surface area contributed by atoms with E-state index in [0.29, 0.717) is 13.2 Å². The summed E-state index contributed by atoms with van der Waals surface area (Å²) in [5.74, 6) is -0.224. The number of nitrogens with zero attached hydrogens (tertiary/aromatic N) is 1. The molecule has 1 atom stereocenters. The van der Waals surface area contributed by atoms with Gasteiger partial charge in [-0.25, -0.2) is 0 Å². The fourth-order valence-electron chi connectivity index (χ4n) is 2.37. The lowest BCUT2D eigenvalue weighted by Gasteiger charge is -2.24. The molecule has 3 nitrogen and oxygen atoms in total. The van der Waals surface area contributed by atoms with Crippen LogP contribution in [-0.4, -0.2) is 30.6 Å². The minimum Gasteiger partial charge on any atom is -0.465 e. The molecule has 0 spiro atoms. The van der Waals surface area contributed by atoms with Crippen molar-refractivity contribution in [1.29, 1.82) is 0 Å². The Kier molecular flexibility index (Phi) is 6.57. The molecule has 0 radical (unpaired) electrons. The lowest BCUT2D eigenvalue weighted by molar-refractivity contribution is -0.147. The third kappa shape index (κ3) is 5.38. The molecule has 0 fully saturated rings. The molecule has 0 N–H and O–H groups in total. The molecule has 0 aliphatic heterocycles. The van der Waals surface area contributed by atoms with Crippen molar-refractivity contribution in [3.63, 3.8) is 0 Å². The van der Waals surface area contributed by atoms with Gasteiger partial charge >= 0.3 is 5.97 Å². The fourth-order valence-corrected chi connectivity index (χ4v) is 2.37. The van der Waals surface area contributed by atoms with Gasteiger partial charge in [0, 0.05) is 6.54 Å². The van der Waals surface area contributed by atoms with Gasteiger partial charge in [-0.3, -0.25) is 9.69 Å². The number of hydrogen-bond acceptors (Lipinski definition) is 3. The van der Waals surface area contributed by atoms with Crippen LogP contribution >= 0.6 is 0 Å². The summed E-state index contributed by atoms with van der Waals surface area (Å²) in [5, 5.41) is 0. The number of ether oxygens (including phenoxy) is 1. The highest BCUT2D eigenvalue weighted by Crippen LogP contribution is 2.11. The highest BCUT2D eigenvalue weighted by molar-refractivity contribution is 5.79. The second-order valence-electron chi connectivity index (χ2n) is 5.37. The average molecular weight is 309 g/mol. The molecule has 23 heavy (non-hydrogen) atoms. The predicted octanol–water partition coefficient (Wildman–Crippen LogP) is 3.76. The van der Waals surface area contributed by atoms with Crippen LogP contribution in [0, 0.1) is 0 Å². The second-order valence-corrected chi connectivity index (χ2v) is 5.37. The van der Waals surface area contributed by atoms with E-state index >= 15 is 0 Å². The molecule has 0 heterocycles. The monoisotopic (exact) mass is 309 g/mol. The van der Waals surface area contributed by atoms with Crippen LogP contribution in [0.2, 0.25) is 0 Å². The average Bonchev–Trinajstić information content (AvgIpc) is 2.57. The molecule has 0 bridgehead atoms. The molecule has 2 aromatic rings. The van der Waals surface area contributed by atoms with Gasteiger partial charge in [-0.1, -0.05) is 72.8 Å². The first kappa shape index (κ1) is 17.0. The normalized spacial score (nSPS) is 12.5.